The van der Waals surface area contributed by atoms with Gasteiger partial charge in [0.25, 0.3) is 0 Å². The van der Waals surface area contributed by atoms with Crippen molar-refractivity contribution in [3.05, 3.63) is 0 Å². The van der Waals surface area contributed by atoms with E-state index in [9.17, 15) is 38.4 Å². The van der Waals surface area contributed by atoms with Crippen LogP contribution in [-0.4, -0.2) is 70.2 Å². The smallest absolute Gasteiger partial charge is 0.145 e. The predicted molar refractivity (Wildman–Crippen MR) is 220 cm³/mol. The molecular formula is C44H80O8Sn. The third kappa shape index (κ3) is 30.1. The number of carbonyl (C=O) groups is 8. The average Bonchev–Trinajstić information content (AvgIpc) is 2.85. The second-order valence-electron chi connectivity index (χ2n) is 22.1. The summed E-state index contributed by atoms with van der Waals surface area (Å²) in [5.74, 6) is 0.166. The van der Waals surface area contributed by atoms with E-state index in [1.807, 2.05) is 166 Å². The van der Waals surface area contributed by atoms with Crippen LogP contribution in [0.25, 0.3) is 0 Å². The van der Waals surface area contributed by atoms with Gasteiger partial charge in [0.2, 0.25) is 0 Å². The molecule has 0 aliphatic rings. The van der Waals surface area contributed by atoms with E-state index >= 15 is 0 Å². The minimum absolute atomic E-state index is 0. The second kappa shape index (κ2) is 22.0. The van der Waals surface area contributed by atoms with Crippen LogP contribution in [0.5, 0.6) is 0 Å². The Morgan fingerprint density at radius 1 is 0.208 bits per heavy atom. The molecule has 9 heteroatoms. The molecule has 308 valence electrons. The number of rotatable bonds is 8. The van der Waals surface area contributed by atoms with Crippen molar-refractivity contribution < 1.29 is 38.4 Å². The van der Waals surface area contributed by atoms with Crippen LogP contribution in [0.4, 0.5) is 0 Å². The maximum absolute atomic E-state index is 11.5. The Bertz CT molecular complexity index is 964. The van der Waals surface area contributed by atoms with Crippen LogP contribution in [0, 0.1) is 43.3 Å². The Kier molecular flexibility index (Phi) is 25.1. The maximum atomic E-state index is 11.5. The standard InChI is InChI=1S/4C11H20O2.Sn/c4*1-10(2,3)8(12)7-9(13)11(4,5)6;/h4*7H2,1-6H3;. The summed E-state index contributed by atoms with van der Waals surface area (Å²) in [5.41, 5.74) is -3.21. The topological polar surface area (TPSA) is 137 Å². The van der Waals surface area contributed by atoms with Gasteiger partial charge in [-0.05, 0) is 0 Å². The first-order chi connectivity index (χ1) is 22.2. The molecule has 0 aromatic rings. The van der Waals surface area contributed by atoms with Crippen molar-refractivity contribution >= 4 is 70.2 Å². The van der Waals surface area contributed by atoms with E-state index in [1.165, 1.54) is 0 Å². The first kappa shape index (κ1) is 60.4. The van der Waals surface area contributed by atoms with Crippen molar-refractivity contribution in [3.8, 4) is 0 Å². The molecule has 0 aliphatic heterocycles. The van der Waals surface area contributed by atoms with Crippen LogP contribution < -0.4 is 0 Å². The average molecular weight is 856 g/mol. The van der Waals surface area contributed by atoms with E-state index in [2.05, 4.69) is 0 Å². The molecule has 0 unspecified atom stereocenters. The number of hydrogen-bond acceptors (Lipinski definition) is 8. The van der Waals surface area contributed by atoms with Crippen LogP contribution in [-0.2, 0) is 38.4 Å². The molecule has 0 spiro atoms. The Morgan fingerprint density at radius 3 is 0.302 bits per heavy atom. The molecule has 0 N–H and O–H groups in total. The van der Waals surface area contributed by atoms with Gasteiger partial charge in [0.1, 0.15) is 46.3 Å². The summed E-state index contributed by atoms with van der Waals surface area (Å²) in [6.45, 7) is 44.1. The summed E-state index contributed by atoms with van der Waals surface area (Å²) in [6, 6.07) is 0. The minimum atomic E-state index is -0.402. The summed E-state index contributed by atoms with van der Waals surface area (Å²) in [6.07, 6.45) is 0.250. The normalized spacial score (nSPS) is 12.5. The summed E-state index contributed by atoms with van der Waals surface area (Å²) in [4.78, 5) is 92.0. The molecule has 0 aromatic heterocycles. The van der Waals surface area contributed by atoms with Gasteiger partial charge in [-0.1, -0.05) is 166 Å². The largest absolute Gasteiger partial charge is 0.299 e. The van der Waals surface area contributed by atoms with Gasteiger partial charge < -0.3 is 0 Å². The zero-order valence-electron chi connectivity index (χ0n) is 38.6. The molecule has 0 aliphatic carbocycles. The van der Waals surface area contributed by atoms with Crippen molar-refractivity contribution in [1.29, 1.82) is 0 Å². The fraction of sp³-hybridized carbons (Fsp3) is 0.818. The van der Waals surface area contributed by atoms with Gasteiger partial charge in [0, 0.05) is 67.2 Å². The van der Waals surface area contributed by atoms with E-state index in [0.29, 0.717) is 0 Å². The van der Waals surface area contributed by atoms with E-state index in [4.69, 9.17) is 0 Å². The van der Waals surface area contributed by atoms with Crippen molar-refractivity contribution in [2.45, 2.75) is 192 Å². The summed E-state index contributed by atoms with van der Waals surface area (Å²) in [7, 11) is 0. The zero-order chi connectivity index (χ0) is 43.4. The van der Waals surface area contributed by atoms with Crippen molar-refractivity contribution in [2.75, 3.05) is 0 Å². The first-order valence-electron chi connectivity index (χ1n) is 18.5. The van der Waals surface area contributed by atoms with Gasteiger partial charge in [-0.3, -0.25) is 38.4 Å². The maximum Gasteiger partial charge on any atom is 0.145 e. The van der Waals surface area contributed by atoms with Crippen molar-refractivity contribution in [2.24, 2.45) is 43.3 Å². The quantitative estimate of drug-likeness (QED) is 0.174. The van der Waals surface area contributed by atoms with E-state index in [1.54, 1.807) is 0 Å². The third-order valence-corrected chi connectivity index (χ3v) is 7.98. The van der Waals surface area contributed by atoms with Gasteiger partial charge in [0.15, 0.2) is 0 Å². The molecule has 0 atom stereocenters. The molecule has 0 fully saturated rings. The minimum Gasteiger partial charge on any atom is -0.299 e. The van der Waals surface area contributed by atoms with Gasteiger partial charge in [-0.25, -0.2) is 0 Å². The molecule has 0 amide bonds. The zero-order valence-corrected chi connectivity index (χ0v) is 41.4. The monoisotopic (exact) mass is 856 g/mol. The molecular weight excluding hydrogens is 775 g/mol. The first-order valence-corrected chi connectivity index (χ1v) is 18.5. The van der Waals surface area contributed by atoms with Crippen LogP contribution >= 0.6 is 0 Å². The molecule has 4 radical (unpaired) electrons. The summed E-state index contributed by atoms with van der Waals surface area (Å²) >= 11 is 0. The van der Waals surface area contributed by atoms with Gasteiger partial charge >= 0.3 is 0 Å². The number of Topliss-reactive ketones (excluding diaryl/α,β-unsaturated/α-hetero) is 8. The Hall–Kier alpha value is -1.84. The summed E-state index contributed by atoms with van der Waals surface area (Å²) in [5, 5.41) is 0. The van der Waals surface area contributed by atoms with E-state index in [0.717, 1.165) is 0 Å². The Morgan fingerprint density at radius 2 is 0.264 bits per heavy atom. The second-order valence-corrected chi connectivity index (χ2v) is 22.1. The fourth-order valence-corrected chi connectivity index (χ4v) is 2.70. The molecule has 0 saturated carbocycles. The van der Waals surface area contributed by atoms with Crippen LogP contribution in [0.1, 0.15) is 192 Å². The SMILES string of the molecule is CC(C)(C)C(=O)CC(=O)C(C)(C)C.CC(C)(C)C(=O)CC(=O)C(C)(C)C.CC(C)(C)C(=O)CC(=O)C(C)(C)C.CC(C)(C)C(=O)CC(=O)C(C)(C)C.[Sn]. The van der Waals surface area contributed by atoms with Gasteiger partial charge in [0.05, 0.1) is 25.7 Å². The molecule has 0 saturated heterocycles. The van der Waals surface area contributed by atoms with Gasteiger partial charge in [-0.15, -0.1) is 0 Å². The number of ketones is 8. The molecule has 0 heterocycles. The molecule has 0 bridgehead atoms. The molecule has 0 aromatic carbocycles. The van der Waals surface area contributed by atoms with Crippen molar-refractivity contribution in [1.82, 2.24) is 0 Å². The number of hydrogen-bond donors (Lipinski definition) is 0. The van der Waals surface area contributed by atoms with Crippen LogP contribution in [0.2, 0.25) is 0 Å². The van der Waals surface area contributed by atoms with E-state index < -0.39 is 43.3 Å². The van der Waals surface area contributed by atoms with E-state index in [-0.39, 0.29) is 95.9 Å². The predicted octanol–water partition coefficient (Wildman–Crippen LogP) is 10.0. The molecule has 8 nitrogen and oxygen atoms in total. The Balaban J connectivity index is -0.000000192. The molecule has 0 rings (SSSR count). The third-order valence-electron chi connectivity index (χ3n) is 7.98. The van der Waals surface area contributed by atoms with Crippen LogP contribution in [0.15, 0.2) is 0 Å². The van der Waals surface area contributed by atoms with Gasteiger partial charge in [-0.2, -0.15) is 0 Å². The summed E-state index contributed by atoms with van der Waals surface area (Å²) < 4.78 is 0. The number of carbonyl (C=O) groups excluding carboxylic acids is 8. The fourth-order valence-electron chi connectivity index (χ4n) is 2.70. The van der Waals surface area contributed by atoms with Crippen molar-refractivity contribution in [3.63, 3.8) is 0 Å². The van der Waals surface area contributed by atoms with Crippen LogP contribution in [0.3, 0.4) is 0 Å². The molecule has 53 heavy (non-hydrogen) atoms. The Labute approximate surface area is 342 Å².